The monoisotopic (exact) mass is 176 g/mol. The van der Waals surface area contributed by atoms with E-state index in [9.17, 15) is 0 Å². The fourth-order valence-corrected chi connectivity index (χ4v) is 1.05. The molecule has 0 unspecified atom stereocenters. The van der Waals surface area contributed by atoms with Crippen LogP contribution in [-0.4, -0.2) is 9.97 Å². The first-order valence-electron chi connectivity index (χ1n) is 2.78. The summed E-state index contributed by atoms with van der Waals surface area (Å²) in [6.07, 6.45) is 1.49. The molecule has 0 saturated carbocycles. The van der Waals surface area contributed by atoms with Crippen molar-refractivity contribution < 1.29 is 0 Å². The van der Waals surface area contributed by atoms with Crippen LogP contribution in [0.4, 0.5) is 0 Å². The lowest BCUT2D eigenvalue weighted by atomic mass is 10.4. The SMILES string of the molecule is Cc1nc(Cl)cnc1CCl. The quantitative estimate of drug-likeness (QED) is 0.614. The van der Waals surface area contributed by atoms with Gasteiger partial charge in [-0.3, -0.25) is 4.98 Å². The maximum Gasteiger partial charge on any atom is 0.147 e. The van der Waals surface area contributed by atoms with Gasteiger partial charge in [-0.2, -0.15) is 0 Å². The maximum absolute atomic E-state index is 5.56. The van der Waals surface area contributed by atoms with Crippen LogP contribution in [0.3, 0.4) is 0 Å². The van der Waals surface area contributed by atoms with Gasteiger partial charge < -0.3 is 0 Å². The molecule has 0 N–H and O–H groups in total. The van der Waals surface area contributed by atoms with E-state index >= 15 is 0 Å². The zero-order valence-electron chi connectivity index (χ0n) is 5.43. The van der Waals surface area contributed by atoms with Gasteiger partial charge in [0.2, 0.25) is 0 Å². The lowest BCUT2D eigenvalue weighted by Gasteiger charge is -1.97. The van der Waals surface area contributed by atoms with Gasteiger partial charge in [-0.05, 0) is 6.92 Å². The van der Waals surface area contributed by atoms with Crippen molar-refractivity contribution in [2.45, 2.75) is 12.8 Å². The molecule has 4 heteroatoms. The molecule has 0 aliphatic rings. The number of halogens is 2. The van der Waals surface area contributed by atoms with Crippen LogP contribution in [-0.2, 0) is 5.88 Å². The Balaban J connectivity index is 3.07. The fraction of sp³-hybridized carbons (Fsp3) is 0.333. The molecule has 10 heavy (non-hydrogen) atoms. The number of aromatic nitrogens is 2. The van der Waals surface area contributed by atoms with Crippen LogP contribution in [0.1, 0.15) is 11.4 Å². The third-order valence-electron chi connectivity index (χ3n) is 1.15. The normalized spacial score (nSPS) is 9.90. The molecule has 0 bridgehead atoms. The fourth-order valence-electron chi connectivity index (χ4n) is 0.609. The highest BCUT2D eigenvalue weighted by Gasteiger charge is 1.98. The van der Waals surface area contributed by atoms with Crippen LogP contribution in [0.5, 0.6) is 0 Å². The predicted molar refractivity (Wildman–Crippen MR) is 41.3 cm³/mol. The van der Waals surface area contributed by atoms with Crippen molar-refractivity contribution in [2.24, 2.45) is 0 Å². The summed E-state index contributed by atoms with van der Waals surface area (Å²) in [7, 11) is 0. The Labute approximate surface area is 69.2 Å². The van der Waals surface area contributed by atoms with Crippen molar-refractivity contribution in [3.05, 3.63) is 22.7 Å². The van der Waals surface area contributed by atoms with Crippen LogP contribution < -0.4 is 0 Å². The molecule has 0 fully saturated rings. The van der Waals surface area contributed by atoms with Crippen LogP contribution in [0.15, 0.2) is 6.20 Å². The molecule has 1 aromatic rings. The van der Waals surface area contributed by atoms with Crippen molar-refractivity contribution in [3.8, 4) is 0 Å². The van der Waals surface area contributed by atoms with E-state index in [0.29, 0.717) is 11.0 Å². The molecule has 0 spiro atoms. The number of aryl methyl sites for hydroxylation is 1. The van der Waals surface area contributed by atoms with Crippen LogP contribution in [0.2, 0.25) is 5.15 Å². The molecule has 0 saturated heterocycles. The molecule has 1 heterocycles. The third kappa shape index (κ3) is 1.58. The third-order valence-corrected chi connectivity index (χ3v) is 1.58. The smallest absolute Gasteiger partial charge is 0.147 e. The Hall–Kier alpha value is -0.340. The van der Waals surface area contributed by atoms with E-state index in [0.717, 1.165) is 11.4 Å². The number of hydrogen-bond donors (Lipinski definition) is 0. The summed E-state index contributed by atoms with van der Waals surface area (Å²) in [4.78, 5) is 7.93. The zero-order chi connectivity index (χ0) is 7.56. The first-order chi connectivity index (χ1) is 4.74. The van der Waals surface area contributed by atoms with Gasteiger partial charge >= 0.3 is 0 Å². The first kappa shape index (κ1) is 7.76. The van der Waals surface area contributed by atoms with Gasteiger partial charge in [0.1, 0.15) is 5.15 Å². The summed E-state index contributed by atoms with van der Waals surface area (Å²) >= 11 is 11.1. The van der Waals surface area contributed by atoms with E-state index in [4.69, 9.17) is 23.2 Å². The van der Waals surface area contributed by atoms with Crippen molar-refractivity contribution >= 4 is 23.2 Å². The number of nitrogens with zero attached hydrogens (tertiary/aromatic N) is 2. The Bertz CT molecular complexity index is 237. The highest BCUT2D eigenvalue weighted by Crippen LogP contribution is 2.08. The molecule has 0 aliphatic heterocycles. The standard InChI is InChI=1S/C6H6Cl2N2/c1-4-5(2-7)9-3-6(8)10-4/h3H,2H2,1H3. The van der Waals surface area contributed by atoms with E-state index in [-0.39, 0.29) is 0 Å². The Kier molecular flexibility index (Phi) is 2.46. The summed E-state index contributed by atoms with van der Waals surface area (Å²) in [5, 5.41) is 0.409. The minimum absolute atomic E-state index is 0.385. The number of alkyl halides is 1. The molecule has 54 valence electrons. The molecular weight excluding hydrogens is 171 g/mol. The molecule has 2 nitrogen and oxygen atoms in total. The van der Waals surface area contributed by atoms with Gasteiger partial charge in [-0.25, -0.2) is 4.98 Å². The van der Waals surface area contributed by atoms with E-state index in [1.807, 2.05) is 6.92 Å². The summed E-state index contributed by atoms with van der Waals surface area (Å²) in [6, 6.07) is 0. The highest BCUT2D eigenvalue weighted by atomic mass is 35.5. The van der Waals surface area contributed by atoms with Crippen molar-refractivity contribution in [3.63, 3.8) is 0 Å². The minimum atomic E-state index is 0.385. The largest absolute Gasteiger partial charge is 0.255 e. The first-order valence-corrected chi connectivity index (χ1v) is 3.69. The summed E-state index contributed by atoms with van der Waals surface area (Å²) < 4.78 is 0. The summed E-state index contributed by atoms with van der Waals surface area (Å²) in [5.74, 6) is 0.385. The summed E-state index contributed by atoms with van der Waals surface area (Å²) in [5.41, 5.74) is 1.58. The second-order valence-electron chi connectivity index (χ2n) is 1.86. The predicted octanol–water partition coefficient (Wildman–Crippen LogP) is 2.18. The molecule has 0 amide bonds. The molecular formula is C6H6Cl2N2. The molecule has 1 rings (SSSR count). The highest BCUT2D eigenvalue weighted by molar-refractivity contribution is 6.29. The number of rotatable bonds is 1. The molecule has 0 atom stereocenters. The van der Waals surface area contributed by atoms with E-state index < -0.39 is 0 Å². The van der Waals surface area contributed by atoms with Crippen LogP contribution in [0.25, 0.3) is 0 Å². The maximum atomic E-state index is 5.56. The Morgan fingerprint density at radius 2 is 2.30 bits per heavy atom. The molecule has 1 aromatic heterocycles. The van der Waals surface area contributed by atoms with Crippen molar-refractivity contribution in [2.75, 3.05) is 0 Å². The van der Waals surface area contributed by atoms with Gasteiger partial charge in [-0.15, -0.1) is 11.6 Å². The minimum Gasteiger partial charge on any atom is -0.255 e. The average Bonchev–Trinajstić information content (AvgIpc) is 1.88. The van der Waals surface area contributed by atoms with Gasteiger partial charge in [0.15, 0.2) is 0 Å². The van der Waals surface area contributed by atoms with E-state index in [1.165, 1.54) is 6.20 Å². The van der Waals surface area contributed by atoms with Gasteiger partial charge in [-0.1, -0.05) is 11.6 Å². The second-order valence-corrected chi connectivity index (χ2v) is 2.51. The van der Waals surface area contributed by atoms with Crippen LogP contribution >= 0.6 is 23.2 Å². The number of hydrogen-bond acceptors (Lipinski definition) is 2. The molecule has 0 radical (unpaired) electrons. The van der Waals surface area contributed by atoms with E-state index in [1.54, 1.807) is 0 Å². The molecule has 0 aliphatic carbocycles. The zero-order valence-corrected chi connectivity index (χ0v) is 6.95. The van der Waals surface area contributed by atoms with Crippen LogP contribution in [0, 0.1) is 6.92 Å². The second kappa shape index (κ2) is 3.17. The molecule has 0 aromatic carbocycles. The Morgan fingerprint density at radius 1 is 1.60 bits per heavy atom. The van der Waals surface area contributed by atoms with E-state index in [2.05, 4.69) is 9.97 Å². The Morgan fingerprint density at radius 3 is 2.80 bits per heavy atom. The van der Waals surface area contributed by atoms with Crippen molar-refractivity contribution in [1.82, 2.24) is 9.97 Å². The topological polar surface area (TPSA) is 25.8 Å². The lowest BCUT2D eigenvalue weighted by Crippen LogP contribution is -1.93. The van der Waals surface area contributed by atoms with Crippen molar-refractivity contribution in [1.29, 1.82) is 0 Å². The van der Waals surface area contributed by atoms with Gasteiger partial charge in [0.25, 0.3) is 0 Å². The summed E-state index contributed by atoms with van der Waals surface area (Å²) in [6.45, 7) is 1.83. The van der Waals surface area contributed by atoms with Gasteiger partial charge in [0.05, 0.1) is 23.5 Å². The van der Waals surface area contributed by atoms with Gasteiger partial charge in [0, 0.05) is 0 Å². The lowest BCUT2D eigenvalue weighted by molar-refractivity contribution is 1.03. The average molecular weight is 177 g/mol.